The van der Waals surface area contributed by atoms with Crippen molar-refractivity contribution in [1.29, 1.82) is 0 Å². The summed E-state index contributed by atoms with van der Waals surface area (Å²) in [5.74, 6) is 0.670. The highest BCUT2D eigenvalue weighted by Crippen LogP contribution is 2.43. The van der Waals surface area contributed by atoms with Crippen LogP contribution in [0.5, 0.6) is 0 Å². The van der Waals surface area contributed by atoms with Gasteiger partial charge in [0.1, 0.15) is 5.60 Å². The van der Waals surface area contributed by atoms with Crippen LogP contribution in [0.1, 0.15) is 78.3 Å². The number of carboxylic acid groups (broad SMARTS) is 1. The topological polar surface area (TPSA) is 86.6 Å². The highest BCUT2D eigenvalue weighted by Gasteiger charge is 2.33. The predicted molar refractivity (Wildman–Crippen MR) is 102 cm³/mol. The van der Waals surface area contributed by atoms with E-state index in [1.165, 1.54) is 43.0 Å². The fourth-order valence-electron chi connectivity index (χ4n) is 4.01. The van der Waals surface area contributed by atoms with E-state index in [1.54, 1.807) is 13.8 Å². The van der Waals surface area contributed by atoms with E-state index in [0.717, 1.165) is 19.3 Å². The molecule has 0 bridgehead atoms. The van der Waals surface area contributed by atoms with Crippen LogP contribution in [0.4, 0.5) is 10.6 Å². The van der Waals surface area contributed by atoms with Crippen molar-refractivity contribution in [3.63, 3.8) is 0 Å². The molecule has 6 heteroatoms. The second-order valence-electron chi connectivity index (χ2n) is 8.59. The van der Waals surface area contributed by atoms with Crippen LogP contribution in [0.25, 0.3) is 0 Å². The molecule has 0 radical (unpaired) electrons. The van der Waals surface area contributed by atoms with Crippen LogP contribution in [0.15, 0.2) is 12.4 Å². The smallest absolute Gasteiger partial charge is 0.413 e. The molecule has 146 valence electrons. The molecule has 1 aromatic rings. The fraction of sp³-hybridized carbons (Fsp3) is 0.750. The van der Waals surface area contributed by atoms with Crippen molar-refractivity contribution in [2.75, 3.05) is 11.4 Å². The minimum absolute atomic E-state index is 0.319. The van der Waals surface area contributed by atoms with E-state index < -0.39 is 11.7 Å². The van der Waals surface area contributed by atoms with E-state index in [4.69, 9.17) is 0 Å². The lowest BCUT2D eigenvalue weighted by atomic mass is 9.68. The second-order valence-corrected chi connectivity index (χ2v) is 8.59. The van der Waals surface area contributed by atoms with Gasteiger partial charge in [0.05, 0.1) is 18.1 Å². The van der Waals surface area contributed by atoms with Crippen molar-refractivity contribution in [3.8, 4) is 0 Å². The first-order chi connectivity index (χ1) is 12.1. The highest BCUT2D eigenvalue weighted by molar-refractivity contribution is 5.84. The summed E-state index contributed by atoms with van der Waals surface area (Å²) in [7, 11) is 0. The summed E-state index contributed by atoms with van der Waals surface area (Å²) < 4.78 is 0. The lowest BCUT2D eigenvalue weighted by molar-refractivity contribution is 0.0734. The van der Waals surface area contributed by atoms with E-state index >= 15 is 0 Å². The largest absolute Gasteiger partial charge is 0.465 e. The van der Waals surface area contributed by atoms with Gasteiger partial charge < -0.3 is 10.2 Å². The summed E-state index contributed by atoms with van der Waals surface area (Å²) >= 11 is 0. The van der Waals surface area contributed by atoms with E-state index in [2.05, 4.69) is 23.8 Å². The number of nitrogens with zero attached hydrogens (tertiary/aromatic N) is 3. The summed E-state index contributed by atoms with van der Waals surface area (Å²) in [6.45, 7) is 8.27. The van der Waals surface area contributed by atoms with Gasteiger partial charge in [0.2, 0.25) is 0 Å². The zero-order valence-corrected chi connectivity index (χ0v) is 16.5. The number of carbonyl (C=O) groups is 1. The Morgan fingerprint density at radius 2 is 2.12 bits per heavy atom. The second kappa shape index (κ2) is 8.33. The normalized spacial score (nSPS) is 23.7. The van der Waals surface area contributed by atoms with Crippen molar-refractivity contribution >= 4 is 11.9 Å². The van der Waals surface area contributed by atoms with E-state index in [9.17, 15) is 15.0 Å². The lowest BCUT2D eigenvalue weighted by Crippen LogP contribution is -2.38. The Hall–Kier alpha value is -1.69. The highest BCUT2D eigenvalue weighted by atomic mass is 16.4. The van der Waals surface area contributed by atoms with E-state index in [0.29, 0.717) is 29.4 Å². The average molecular weight is 364 g/mol. The van der Waals surface area contributed by atoms with Crippen LogP contribution < -0.4 is 4.90 Å². The van der Waals surface area contributed by atoms with Crippen molar-refractivity contribution < 1.29 is 15.0 Å². The third kappa shape index (κ3) is 5.40. The summed E-state index contributed by atoms with van der Waals surface area (Å²) in [6.07, 6.45) is 10.0. The van der Waals surface area contributed by atoms with Crippen LogP contribution in [0, 0.1) is 11.3 Å². The number of aromatic nitrogens is 2. The maximum absolute atomic E-state index is 11.8. The van der Waals surface area contributed by atoms with Crippen molar-refractivity contribution in [1.82, 2.24) is 9.97 Å². The van der Waals surface area contributed by atoms with Gasteiger partial charge in [-0.25, -0.2) is 9.78 Å². The number of hydrogen-bond donors (Lipinski definition) is 2. The van der Waals surface area contributed by atoms with Gasteiger partial charge in [-0.3, -0.25) is 9.88 Å². The first-order valence-corrected chi connectivity index (χ1v) is 9.70. The number of anilines is 1. The molecule has 1 heterocycles. The van der Waals surface area contributed by atoms with Gasteiger partial charge >= 0.3 is 6.09 Å². The number of hydrogen-bond acceptors (Lipinski definition) is 4. The Labute approximate surface area is 156 Å². The quantitative estimate of drug-likeness (QED) is 0.741. The Bertz CT molecular complexity index is 597. The van der Waals surface area contributed by atoms with Crippen LogP contribution in [0.2, 0.25) is 0 Å². The minimum Gasteiger partial charge on any atom is -0.465 e. The molecule has 6 nitrogen and oxygen atoms in total. The number of rotatable bonds is 7. The first-order valence-electron chi connectivity index (χ1n) is 9.70. The Kier molecular flexibility index (Phi) is 6.61. The zero-order chi connectivity index (χ0) is 19.4. The molecule has 1 fully saturated rings. The van der Waals surface area contributed by atoms with Gasteiger partial charge in [0, 0.05) is 6.54 Å². The molecular formula is C20H33N3O3. The molecule has 0 spiro atoms. The van der Waals surface area contributed by atoms with Gasteiger partial charge in [0.15, 0.2) is 5.82 Å². The zero-order valence-electron chi connectivity index (χ0n) is 16.5. The minimum atomic E-state index is -1.09. The molecule has 2 rings (SSSR count). The first kappa shape index (κ1) is 20.6. The molecule has 1 aliphatic carbocycles. The predicted octanol–water partition coefficient (Wildman–Crippen LogP) is 4.58. The van der Waals surface area contributed by atoms with Crippen LogP contribution in [0.3, 0.4) is 0 Å². The fourth-order valence-corrected chi connectivity index (χ4v) is 4.01. The SMILES string of the molecule is CCCC[C@@]1(C)CCCC(CN(C(=O)O)c2cnc(C(C)(C)O)cn2)C1. The third-order valence-corrected chi connectivity index (χ3v) is 5.52. The number of amides is 1. The summed E-state index contributed by atoms with van der Waals surface area (Å²) in [4.78, 5) is 21.5. The van der Waals surface area contributed by atoms with Crippen molar-refractivity contribution in [3.05, 3.63) is 18.1 Å². The average Bonchev–Trinajstić information content (AvgIpc) is 2.57. The third-order valence-electron chi connectivity index (χ3n) is 5.52. The molecule has 0 aliphatic heterocycles. The molecule has 1 unspecified atom stereocenters. The molecule has 26 heavy (non-hydrogen) atoms. The summed E-state index contributed by atoms with van der Waals surface area (Å²) in [5, 5.41) is 19.7. The molecule has 1 aromatic heterocycles. The van der Waals surface area contributed by atoms with Gasteiger partial charge in [0.25, 0.3) is 0 Å². The molecular weight excluding hydrogens is 330 g/mol. The Morgan fingerprint density at radius 1 is 1.38 bits per heavy atom. The van der Waals surface area contributed by atoms with E-state index in [-0.39, 0.29) is 0 Å². The summed E-state index contributed by atoms with van der Waals surface area (Å²) in [5.41, 5.74) is -0.347. The van der Waals surface area contributed by atoms with Crippen molar-refractivity contribution in [2.24, 2.45) is 11.3 Å². The van der Waals surface area contributed by atoms with Gasteiger partial charge in [-0.05, 0) is 50.9 Å². The van der Waals surface area contributed by atoms with Gasteiger partial charge in [-0.15, -0.1) is 0 Å². The molecule has 0 aromatic carbocycles. The van der Waals surface area contributed by atoms with Crippen LogP contribution >= 0.6 is 0 Å². The molecule has 1 aliphatic rings. The van der Waals surface area contributed by atoms with E-state index in [1.807, 2.05) is 0 Å². The molecule has 2 atom stereocenters. The monoisotopic (exact) mass is 363 g/mol. The van der Waals surface area contributed by atoms with Gasteiger partial charge in [-0.1, -0.05) is 33.1 Å². The molecule has 2 N–H and O–H groups in total. The number of unbranched alkanes of at least 4 members (excludes halogenated alkanes) is 1. The maximum Gasteiger partial charge on any atom is 0.413 e. The maximum atomic E-state index is 11.8. The van der Waals surface area contributed by atoms with Crippen molar-refractivity contribution in [2.45, 2.75) is 78.2 Å². The lowest BCUT2D eigenvalue weighted by Gasteiger charge is -2.39. The summed E-state index contributed by atoms with van der Waals surface area (Å²) in [6, 6.07) is 0. The molecule has 1 amide bonds. The molecule has 0 saturated heterocycles. The Balaban J connectivity index is 2.09. The standard InChI is InChI=1S/C20H33N3O3/c1-5-6-9-20(4)10-7-8-15(11-20)14-23(18(24)25)17-13-21-16(12-22-17)19(2,3)26/h12-13,15,26H,5-11,14H2,1-4H3,(H,24,25)/t15?,20-/m0/s1. The molecule has 1 saturated carbocycles. The Morgan fingerprint density at radius 3 is 2.65 bits per heavy atom. The van der Waals surface area contributed by atoms with Gasteiger partial charge in [-0.2, -0.15) is 0 Å². The van der Waals surface area contributed by atoms with Crippen LogP contribution in [-0.4, -0.2) is 32.8 Å². The number of aliphatic hydroxyl groups is 1. The van der Waals surface area contributed by atoms with Crippen LogP contribution in [-0.2, 0) is 5.60 Å².